The normalized spacial score (nSPS) is 23.2. The Hall–Kier alpha value is -0.380. The third-order valence-electron chi connectivity index (χ3n) is 4.12. The van der Waals surface area contributed by atoms with Crippen LogP contribution in [0.2, 0.25) is 0 Å². The largest absolute Gasteiger partial charge is 0.322 e. The lowest BCUT2D eigenvalue weighted by molar-refractivity contribution is 0.100. The Morgan fingerprint density at radius 1 is 1.50 bits per heavy atom. The van der Waals surface area contributed by atoms with E-state index in [-0.39, 0.29) is 11.6 Å². The van der Waals surface area contributed by atoms with Crippen molar-refractivity contribution < 1.29 is 0 Å². The molecule has 1 aromatic heterocycles. The summed E-state index contributed by atoms with van der Waals surface area (Å²) in [4.78, 5) is 2.58. The minimum Gasteiger partial charge on any atom is -0.322 e. The number of rotatable bonds is 4. The van der Waals surface area contributed by atoms with E-state index in [2.05, 4.69) is 35.6 Å². The molecular weight excluding hydrogens is 216 g/mol. The van der Waals surface area contributed by atoms with Gasteiger partial charge in [-0.05, 0) is 61.7 Å². The maximum atomic E-state index is 6.47. The second-order valence-corrected chi connectivity index (χ2v) is 5.72. The van der Waals surface area contributed by atoms with Crippen molar-refractivity contribution >= 4 is 11.3 Å². The third kappa shape index (κ3) is 2.04. The molecule has 1 saturated heterocycles. The van der Waals surface area contributed by atoms with Gasteiger partial charge in [-0.15, -0.1) is 0 Å². The summed E-state index contributed by atoms with van der Waals surface area (Å²) in [6.45, 7) is 7.00. The van der Waals surface area contributed by atoms with Gasteiger partial charge in [-0.25, -0.2) is 0 Å². The monoisotopic (exact) mass is 238 g/mol. The molecule has 2 N–H and O–H groups in total. The summed E-state index contributed by atoms with van der Waals surface area (Å²) in [5, 5.41) is 4.31. The van der Waals surface area contributed by atoms with Crippen molar-refractivity contribution in [3.8, 4) is 0 Å². The van der Waals surface area contributed by atoms with Crippen LogP contribution in [0, 0.1) is 0 Å². The Labute approximate surface area is 102 Å². The van der Waals surface area contributed by atoms with Crippen LogP contribution >= 0.6 is 11.3 Å². The molecule has 1 fully saturated rings. The average Bonchev–Trinajstić information content (AvgIpc) is 2.98. The molecule has 16 heavy (non-hydrogen) atoms. The third-order valence-corrected chi connectivity index (χ3v) is 4.82. The fraction of sp³-hybridized carbons (Fsp3) is 0.692. The van der Waals surface area contributed by atoms with Crippen LogP contribution in [0.1, 0.15) is 44.7 Å². The zero-order valence-electron chi connectivity index (χ0n) is 10.3. The van der Waals surface area contributed by atoms with E-state index in [0.717, 1.165) is 6.42 Å². The quantitative estimate of drug-likeness (QED) is 0.873. The predicted octanol–water partition coefficient (Wildman–Crippen LogP) is 3.01. The molecule has 2 heterocycles. The van der Waals surface area contributed by atoms with Crippen molar-refractivity contribution in [1.29, 1.82) is 0 Å². The first kappa shape index (κ1) is 12.1. The average molecular weight is 238 g/mol. The summed E-state index contributed by atoms with van der Waals surface area (Å²) in [6.07, 6.45) is 3.77. The molecule has 0 spiro atoms. The molecular formula is C13H22N2S. The van der Waals surface area contributed by atoms with E-state index in [0.29, 0.717) is 0 Å². The summed E-state index contributed by atoms with van der Waals surface area (Å²) in [7, 11) is 0. The van der Waals surface area contributed by atoms with Gasteiger partial charge in [0, 0.05) is 11.6 Å². The first-order valence-electron chi connectivity index (χ1n) is 6.21. The molecule has 90 valence electrons. The lowest BCUT2D eigenvalue weighted by Gasteiger charge is -2.42. The lowest BCUT2D eigenvalue weighted by Crippen LogP contribution is -2.51. The molecule has 0 aromatic carbocycles. The van der Waals surface area contributed by atoms with Crippen molar-refractivity contribution in [3.63, 3.8) is 0 Å². The van der Waals surface area contributed by atoms with Gasteiger partial charge in [0.25, 0.3) is 0 Å². The molecule has 1 aromatic rings. The van der Waals surface area contributed by atoms with Crippen molar-refractivity contribution in [2.45, 2.75) is 44.7 Å². The van der Waals surface area contributed by atoms with Crippen molar-refractivity contribution in [2.75, 3.05) is 13.1 Å². The molecule has 0 aliphatic carbocycles. The molecule has 0 amide bonds. The van der Waals surface area contributed by atoms with Crippen molar-refractivity contribution in [2.24, 2.45) is 5.73 Å². The number of hydrogen-bond donors (Lipinski definition) is 1. The Bertz CT molecular complexity index is 317. The van der Waals surface area contributed by atoms with Crippen molar-refractivity contribution in [1.82, 2.24) is 4.90 Å². The number of hydrogen-bond acceptors (Lipinski definition) is 3. The zero-order chi connectivity index (χ0) is 11.6. The maximum absolute atomic E-state index is 6.47. The van der Waals surface area contributed by atoms with Crippen LogP contribution < -0.4 is 5.73 Å². The molecule has 1 aliphatic rings. The summed E-state index contributed by atoms with van der Waals surface area (Å²) >= 11 is 1.74. The van der Waals surface area contributed by atoms with E-state index in [1.165, 1.54) is 31.5 Å². The number of thiophene rings is 1. The highest BCUT2D eigenvalue weighted by Gasteiger charge is 2.38. The Balaban J connectivity index is 2.19. The van der Waals surface area contributed by atoms with Gasteiger partial charge in [-0.2, -0.15) is 11.3 Å². The lowest BCUT2D eigenvalue weighted by atomic mass is 9.85. The van der Waals surface area contributed by atoms with E-state index in [1.54, 1.807) is 11.3 Å². The highest BCUT2D eigenvalue weighted by Crippen LogP contribution is 2.35. The van der Waals surface area contributed by atoms with Crippen LogP contribution in [0.15, 0.2) is 16.8 Å². The highest BCUT2D eigenvalue weighted by atomic mass is 32.1. The molecule has 2 nitrogen and oxygen atoms in total. The number of nitrogens with two attached hydrogens (primary N) is 1. The molecule has 1 aliphatic heterocycles. The minimum atomic E-state index is 0.123. The van der Waals surface area contributed by atoms with E-state index >= 15 is 0 Å². The SMILES string of the molecule is CCC(C)(C(N)c1ccsc1)N1CCCC1. The van der Waals surface area contributed by atoms with Crippen LogP contribution in [0.3, 0.4) is 0 Å². The summed E-state index contributed by atoms with van der Waals surface area (Å²) in [5.74, 6) is 0. The fourth-order valence-electron chi connectivity index (χ4n) is 2.68. The summed E-state index contributed by atoms with van der Waals surface area (Å²) in [6, 6.07) is 2.31. The van der Waals surface area contributed by atoms with E-state index in [4.69, 9.17) is 5.73 Å². The maximum Gasteiger partial charge on any atom is 0.0487 e. The molecule has 0 saturated carbocycles. The van der Waals surface area contributed by atoms with Crippen molar-refractivity contribution in [3.05, 3.63) is 22.4 Å². The fourth-order valence-corrected chi connectivity index (χ4v) is 3.38. The van der Waals surface area contributed by atoms with Crippen LogP contribution in [0.25, 0.3) is 0 Å². The Kier molecular flexibility index (Phi) is 3.67. The molecule has 0 radical (unpaired) electrons. The second kappa shape index (κ2) is 4.86. The summed E-state index contributed by atoms with van der Waals surface area (Å²) in [5.41, 5.74) is 7.89. The minimum absolute atomic E-state index is 0.123. The van der Waals surface area contributed by atoms with Gasteiger partial charge in [0.15, 0.2) is 0 Å². The van der Waals surface area contributed by atoms with E-state index < -0.39 is 0 Å². The first-order valence-corrected chi connectivity index (χ1v) is 7.15. The van der Waals surface area contributed by atoms with Gasteiger partial charge in [0.1, 0.15) is 0 Å². The van der Waals surface area contributed by atoms with Crippen LogP contribution in [-0.4, -0.2) is 23.5 Å². The van der Waals surface area contributed by atoms with Gasteiger partial charge in [-0.1, -0.05) is 6.92 Å². The van der Waals surface area contributed by atoms with Crippen LogP contribution in [-0.2, 0) is 0 Å². The van der Waals surface area contributed by atoms with Gasteiger partial charge < -0.3 is 5.73 Å². The highest BCUT2D eigenvalue weighted by molar-refractivity contribution is 7.07. The zero-order valence-corrected chi connectivity index (χ0v) is 11.1. The van der Waals surface area contributed by atoms with Crippen LogP contribution in [0.4, 0.5) is 0 Å². The van der Waals surface area contributed by atoms with E-state index in [9.17, 15) is 0 Å². The predicted molar refractivity (Wildman–Crippen MR) is 70.8 cm³/mol. The van der Waals surface area contributed by atoms with Gasteiger partial charge >= 0.3 is 0 Å². The molecule has 2 atom stereocenters. The summed E-state index contributed by atoms with van der Waals surface area (Å²) < 4.78 is 0. The van der Waals surface area contributed by atoms with Crippen LogP contribution in [0.5, 0.6) is 0 Å². The standard InChI is InChI=1S/C13H22N2S/c1-3-13(2,15-7-4-5-8-15)12(14)11-6-9-16-10-11/h6,9-10,12H,3-5,7-8,14H2,1-2H3. The van der Waals surface area contributed by atoms with E-state index in [1.807, 2.05) is 0 Å². The first-order chi connectivity index (χ1) is 7.68. The smallest absolute Gasteiger partial charge is 0.0487 e. The number of nitrogens with zero attached hydrogens (tertiary/aromatic N) is 1. The number of likely N-dealkylation sites (tertiary alicyclic amines) is 1. The van der Waals surface area contributed by atoms with Gasteiger partial charge in [0.2, 0.25) is 0 Å². The Morgan fingerprint density at radius 3 is 2.69 bits per heavy atom. The molecule has 0 bridgehead atoms. The molecule has 2 rings (SSSR count). The van der Waals surface area contributed by atoms with Gasteiger partial charge in [-0.3, -0.25) is 4.90 Å². The molecule has 3 heteroatoms. The van der Waals surface area contributed by atoms with Gasteiger partial charge in [0.05, 0.1) is 0 Å². The second-order valence-electron chi connectivity index (χ2n) is 4.94. The Morgan fingerprint density at radius 2 is 2.19 bits per heavy atom. The molecule has 2 unspecified atom stereocenters. The topological polar surface area (TPSA) is 29.3 Å².